The molecular formula is C12H15BrClN3O2. The average molecular weight is 349 g/mol. The van der Waals surface area contributed by atoms with Gasteiger partial charge in [0.05, 0.1) is 5.02 Å². The van der Waals surface area contributed by atoms with Crippen LogP contribution in [0.2, 0.25) is 5.02 Å². The van der Waals surface area contributed by atoms with Crippen molar-refractivity contribution in [1.82, 2.24) is 10.3 Å². The number of carbonyl (C=O) groups excluding carboxylic acids is 2. The first kappa shape index (κ1) is 15.9. The third-order valence-corrected chi connectivity index (χ3v) is 3.16. The lowest BCUT2D eigenvalue weighted by Crippen LogP contribution is -2.38. The Kier molecular flexibility index (Phi) is 6.24. The van der Waals surface area contributed by atoms with E-state index in [0.717, 1.165) is 6.42 Å². The fourth-order valence-corrected chi connectivity index (χ4v) is 2.37. The summed E-state index contributed by atoms with van der Waals surface area (Å²) in [5, 5.41) is 2.97. The highest BCUT2D eigenvalue weighted by Crippen LogP contribution is 2.19. The summed E-state index contributed by atoms with van der Waals surface area (Å²) < 4.78 is 0.691. The molecular weight excluding hydrogens is 334 g/mol. The molecule has 0 aliphatic carbocycles. The zero-order valence-corrected chi connectivity index (χ0v) is 12.8. The van der Waals surface area contributed by atoms with Gasteiger partial charge in [0.2, 0.25) is 5.91 Å². The first-order chi connectivity index (χ1) is 8.93. The molecule has 7 heteroatoms. The Balaban J connectivity index is 2.78. The Morgan fingerprint density at radius 2 is 2.26 bits per heavy atom. The number of nitrogens with two attached hydrogens (primary N) is 1. The summed E-state index contributed by atoms with van der Waals surface area (Å²) in [4.78, 5) is 26.9. The van der Waals surface area contributed by atoms with Crippen LogP contribution in [0, 0.1) is 0 Å². The monoisotopic (exact) mass is 347 g/mol. The van der Waals surface area contributed by atoms with Crippen LogP contribution < -0.4 is 11.1 Å². The van der Waals surface area contributed by atoms with Crippen LogP contribution in [-0.4, -0.2) is 22.8 Å². The second kappa shape index (κ2) is 7.45. The van der Waals surface area contributed by atoms with Gasteiger partial charge in [-0.2, -0.15) is 0 Å². The van der Waals surface area contributed by atoms with Gasteiger partial charge in [0.25, 0.3) is 5.91 Å². The third-order valence-electron chi connectivity index (χ3n) is 2.44. The fourth-order valence-electron chi connectivity index (χ4n) is 1.65. The van der Waals surface area contributed by atoms with Crippen molar-refractivity contribution in [2.45, 2.75) is 32.2 Å². The molecule has 1 aromatic heterocycles. The molecule has 1 atom stereocenters. The molecule has 19 heavy (non-hydrogen) atoms. The van der Waals surface area contributed by atoms with Gasteiger partial charge in [0.15, 0.2) is 0 Å². The average Bonchev–Trinajstić information content (AvgIpc) is 2.27. The SMILES string of the molecule is CCC[C@@H](CC(N)=O)NC(=O)c1ncc(Br)cc1Cl. The normalized spacial score (nSPS) is 11.9. The predicted octanol–water partition coefficient (Wildman–Crippen LogP) is 2.27. The van der Waals surface area contributed by atoms with Gasteiger partial charge < -0.3 is 11.1 Å². The molecule has 5 nitrogen and oxygen atoms in total. The maximum absolute atomic E-state index is 12.0. The first-order valence-corrected chi connectivity index (χ1v) is 7.01. The van der Waals surface area contributed by atoms with Crippen LogP contribution in [0.15, 0.2) is 16.7 Å². The highest BCUT2D eigenvalue weighted by Gasteiger charge is 2.18. The minimum Gasteiger partial charge on any atom is -0.370 e. The maximum atomic E-state index is 12.0. The highest BCUT2D eigenvalue weighted by molar-refractivity contribution is 9.10. The van der Waals surface area contributed by atoms with Gasteiger partial charge in [-0.15, -0.1) is 0 Å². The lowest BCUT2D eigenvalue weighted by atomic mass is 10.1. The van der Waals surface area contributed by atoms with Crippen molar-refractivity contribution in [1.29, 1.82) is 0 Å². The standard InChI is InChI=1S/C12H15BrClN3O2/c1-2-3-8(5-10(15)18)17-12(19)11-9(14)4-7(13)6-16-11/h4,6,8H,2-3,5H2,1H3,(H2,15,18)(H,17,19)/t8-/m0/s1. The number of primary amides is 1. The molecule has 0 aromatic carbocycles. The van der Waals surface area contributed by atoms with Crippen molar-refractivity contribution in [2.24, 2.45) is 5.73 Å². The number of hydrogen-bond acceptors (Lipinski definition) is 3. The van der Waals surface area contributed by atoms with Gasteiger partial charge in [-0.3, -0.25) is 9.59 Å². The summed E-state index contributed by atoms with van der Waals surface area (Å²) in [6.45, 7) is 1.96. The van der Waals surface area contributed by atoms with Gasteiger partial charge in [-0.25, -0.2) is 4.98 Å². The zero-order chi connectivity index (χ0) is 14.4. The smallest absolute Gasteiger partial charge is 0.271 e. The lowest BCUT2D eigenvalue weighted by Gasteiger charge is -2.16. The Morgan fingerprint density at radius 1 is 1.58 bits per heavy atom. The maximum Gasteiger partial charge on any atom is 0.271 e. The fraction of sp³-hybridized carbons (Fsp3) is 0.417. The number of pyridine rings is 1. The van der Waals surface area contributed by atoms with Gasteiger partial charge >= 0.3 is 0 Å². The first-order valence-electron chi connectivity index (χ1n) is 5.84. The van der Waals surface area contributed by atoms with E-state index in [9.17, 15) is 9.59 Å². The van der Waals surface area contributed by atoms with E-state index in [4.69, 9.17) is 17.3 Å². The molecule has 1 rings (SSSR count). The Labute approximate surface area is 125 Å². The molecule has 1 heterocycles. The number of nitrogens with zero attached hydrogens (tertiary/aromatic N) is 1. The molecule has 0 bridgehead atoms. The van der Waals surface area contributed by atoms with Crippen LogP contribution in [0.3, 0.4) is 0 Å². The van der Waals surface area contributed by atoms with Gasteiger partial charge in [-0.1, -0.05) is 24.9 Å². The Bertz CT molecular complexity index is 482. The van der Waals surface area contributed by atoms with Crippen LogP contribution >= 0.6 is 27.5 Å². The number of aromatic nitrogens is 1. The summed E-state index contributed by atoms with van der Waals surface area (Å²) in [5.41, 5.74) is 5.28. The van der Waals surface area contributed by atoms with Crippen molar-refractivity contribution in [3.8, 4) is 0 Å². The summed E-state index contributed by atoms with van der Waals surface area (Å²) in [7, 11) is 0. The summed E-state index contributed by atoms with van der Waals surface area (Å²) in [6.07, 6.45) is 3.10. The number of rotatable bonds is 6. The molecule has 0 aliphatic rings. The van der Waals surface area contributed by atoms with Crippen LogP contribution in [0.25, 0.3) is 0 Å². The van der Waals surface area contributed by atoms with Crippen molar-refractivity contribution in [3.63, 3.8) is 0 Å². The number of hydrogen-bond donors (Lipinski definition) is 2. The summed E-state index contributed by atoms with van der Waals surface area (Å²) in [6, 6.07) is 1.29. The van der Waals surface area contributed by atoms with E-state index in [1.54, 1.807) is 6.07 Å². The molecule has 0 radical (unpaired) electrons. The quantitative estimate of drug-likeness (QED) is 0.827. The molecule has 0 unspecified atom stereocenters. The van der Waals surface area contributed by atoms with E-state index in [-0.39, 0.29) is 23.2 Å². The molecule has 0 saturated heterocycles. The van der Waals surface area contributed by atoms with E-state index >= 15 is 0 Å². The number of halogens is 2. The number of carbonyl (C=O) groups is 2. The van der Waals surface area contributed by atoms with Crippen LogP contribution in [0.1, 0.15) is 36.7 Å². The van der Waals surface area contributed by atoms with Crippen LogP contribution in [0.5, 0.6) is 0 Å². The second-order valence-electron chi connectivity index (χ2n) is 4.11. The van der Waals surface area contributed by atoms with Crippen molar-refractivity contribution in [3.05, 3.63) is 27.5 Å². The van der Waals surface area contributed by atoms with E-state index in [0.29, 0.717) is 10.9 Å². The number of nitrogens with one attached hydrogen (secondary N) is 1. The van der Waals surface area contributed by atoms with Gasteiger partial charge in [-0.05, 0) is 28.4 Å². The van der Waals surface area contributed by atoms with Crippen LogP contribution in [0.4, 0.5) is 0 Å². The highest BCUT2D eigenvalue weighted by atomic mass is 79.9. The third kappa shape index (κ3) is 5.16. The number of amides is 2. The molecule has 2 amide bonds. The van der Waals surface area contributed by atoms with Gasteiger partial charge in [0.1, 0.15) is 5.69 Å². The Morgan fingerprint density at radius 3 is 2.79 bits per heavy atom. The second-order valence-corrected chi connectivity index (χ2v) is 5.44. The molecule has 0 aliphatic heterocycles. The minimum absolute atomic E-state index is 0.105. The van der Waals surface area contributed by atoms with E-state index in [1.165, 1.54) is 6.20 Å². The van der Waals surface area contributed by atoms with Gasteiger partial charge in [0, 0.05) is 23.1 Å². The lowest BCUT2D eigenvalue weighted by molar-refractivity contribution is -0.118. The molecule has 104 valence electrons. The Hall–Kier alpha value is -1.14. The van der Waals surface area contributed by atoms with Crippen LogP contribution in [-0.2, 0) is 4.79 Å². The van der Waals surface area contributed by atoms with E-state index in [1.807, 2.05) is 6.92 Å². The van der Waals surface area contributed by atoms with E-state index in [2.05, 4.69) is 26.2 Å². The molecule has 0 fully saturated rings. The largest absolute Gasteiger partial charge is 0.370 e. The predicted molar refractivity (Wildman–Crippen MR) is 76.9 cm³/mol. The summed E-state index contributed by atoms with van der Waals surface area (Å²) >= 11 is 9.16. The molecule has 1 aromatic rings. The van der Waals surface area contributed by atoms with Crippen molar-refractivity contribution >= 4 is 39.3 Å². The molecule has 3 N–H and O–H groups in total. The van der Waals surface area contributed by atoms with Crippen molar-refractivity contribution in [2.75, 3.05) is 0 Å². The van der Waals surface area contributed by atoms with E-state index < -0.39 is 11.8 Å². The summed E-state index contributed by atoms with van der Waals surface area (Å²) in [5.74, 6) is -0.856. The molecule has 0 saturated carbocycles. The minimum atomic E-state index is -0.450. The van der Waals surface area contributed by atoms with Crippen molar-refractivity contribution < 1.29 is 9.59 Å². The molecule has 0 spiro atoms. The zero-order valence-electron chi connectivity index (χ0n) is 10.5. The topological polar surface area (TPSA) is 85.1 Å².